The molecule has 0 N–H and O–H groups in total. The summed E-state index contributed by atoms with van der Waals surface area (Å²) in [5.41, 5.74) is 2.07. The fourth-order valence-corrected chi connectivity index (χ4v) is 3.78. The molecule has 0 aromatic rings. The fourth-order valence-electron chi connectivity index (χ4n) is 3.78. The highest BCUT2D eigenvalue weighted by molar-refractivity contribution is 5.71. The van der Waals surface area contributed by atoms with Gasteiger partial charge in [-0.15, -0.1) is 0 Å². The fraction of sp³-hybridized carbons (Fsp3) is 0.750. The number of hydrogen-bond acceptors (Lipinski definition) is 4. The van der Waals surface area contributed by atoms with E-state index >= 15 is 0 Å². The van der Waals surface area contributed by atoms with E-state index < -0.39 is 5.60 Å². The topological polar surface area (TPSA) is 36.0 Å². The minimum atomic E-state index is -0.457. The van der Waals surface area contributed by atoms with E-state index in [9.17, 15) is 4.79 Å². The molecule has 0 aromatic heterocycles. The van der Waals surface area contributed by atoms with Crippen molar-refractivity contribution < 1.29 is 9.53 Å². The molecule has 3 aliphatic heterocycles. The number of likely N-dealkylation sites (tertiary alicyclic amines) is 3. The van der Waals surface area contributed by atoms with Crippen molar-refractivity contribution in [3.63, 3.8) is 0 Å². The molecule has 25 heavy (non-hydrogen) atoms. The van der Waals surface area contributed by atoms with E-state index in [2.05, 4.69) is 22.2 Å². The Balaban J connectivity index is 1.74. The molecule has 0 aliphatic carbocycles. The van der Waals surface area contributed by atoms with Gasteiger partial charge in [0.15, 0.2) is 0 Å². The molecule has 3 heterocycles. The van der Waals surface area contributed by atoms with Gasteiger partial charge in [-0.05, 0) is 64.6 Å². The van der Waals surface area contributed by atoms with Gasteiger partial charge >= 0.3 is 6.09 Å². The molecule has 0 bridgehead atoms. The largest absolute Gasteiger partial charge is 0.443 e. The number of allylic oxidation sites excluding steroid dienone is 1. The van der Waals surface area contributed by atoms with Crippen molar-refractivity contribution in [2.75, 3.05) is 32.7 Å². The van der Waals surface area contributed by atoms with Gasteiger partial charge in [0.25, 0.3) is 0 Å². The molecule has 5 nitrogen and oxygen atoms in total. The minimum Gasteiger partial charge on any atom is -0.443 e. The summed E-state index contributed by atoms with van der Waals surface area (Å²) in [5, 5.41) is 0. The van der Waals surface area contributed by atoms with Crippen LogP contribution in [0.2, 0.25) is 0 Å². The maximum absolute atomic E-state index is 12.7. The Morgan fingerprint density at radius 3 is 2.04 bits per heavy atom. The highest BCUT2D eigenvalue weighted by Crippen LogP contribution is 2.29. The Labute approximate surface area is 152 Å². The number of nitrogens with zero attached hydrogens (tertiary/aromatic N) is 3. The third-order valence-corrected chi connectivity index (χ3v) is 5.00. The van der Waals surface area contributed by atoms with Crippen LogP contribution in [0.3, 0.4) is 0 Å². The van der Waals surface area contributed by atoms with Crippen molar-refractivity contribution in [3.05, 3.63) is 23.7 Å². The average molecular weight is 348 g/mol. The summed E-state index contributed by atoms with van der Waals surface area (Å²) in [7, 11) is 0. The molecule has 3 saturated heterocycles. The first-order chi connectivity index (χ1) is 11.9. The van der Waals surface area contributed by atoms with Crippen LogP contribution in [-0.4, -0.2) is 59.1 Å². The molecular formula is C20H33N3O2. The summed E-state index contributed by atoms with van der Waals surface area (Å²) in [6, 6.07) is 0. The van der Waals surface area contributed by atoms with Crippen LogP contribution in [0.25, 0.3) is 0 Å². The first kappa shape index (κ1) is 18.2. The number of amides is 1. The number of ether oxygens (including phenoxy) is 1. The Hall–Kier alpha value is -1.65. The summed E-state index contributed by atoms with van der Waals surface area (Å²) >= 11 is 0. The lowest BCUT2D eigenvalue weighted by Crippen LogP contribution is -2.40. The predicted octanol–water partition coefficient (Wildman–Crippen LogP) is 3.93. The second-order valence-electron chi connectivity index (χ2n) is 8.45. The van der Waals surface area contributed by atoms with Crippen molar-refractivity contribution in [1.82, 2.24) is 14.7 Å². The van der Waals surface area contributed by atoms with Crippen LogP contribution in [0.4, 0.5) is 4.79 Å². The van der Waals surface area contributed by atoms with Crippen LogP contribution in [0.15, 0.2) is 23.7 Å². The molecular weight excluding hydrogens is 314 g/mol. The molecule has 0 aromatic carbocycles. The molecule has 1 amide bonds. The monoisotopic (exact) mass is 347 g/mol. The van der Waals surface area contributed by atoms with Crippen LogP contribution in [0.5, 0.6) is 0 Å². The zero-order chi connectivity index (χ0) is 17.9. The molecule has 0 atom stereocenters. The maximum atomic E-state index is 12.7. The van der Waals surface area contributed by atoms with E-state index in [4.69, 9.17) is 4.74 Å². The Morgan fingerprint density at radius 1 is 0.920 bits per heavy atom. The molecule has 3 fully saturated rings. The molecule has 5 heteroatoms. The van der Waals surface area contributed by atoms with Crippen molar-refractivity contribution in [3.8, 4) is 0 Å². The predicted molar refractivity (Wildman–Crippen MR) is 100.0 cm³/mol. The third-order valence-electron chi connectivity index (χ3n) is 5.00. The van der Waals surface area contributed by atoms with E-state index in [-0.39, 0.29) is 6.09 Å². The quantitative estimate of drug-likeness (QED) is 0.758. The van der Waals surface area contributed by atoms with Gasteiger partial charge in [0.1, 0.15) is 5.60 Å². The average Bonchev–Trinajstić information content (AvgIpc) is 3.19. The van der Waals surface area contributed by atoms with Crippen molar-refractivity contribution in [2.45, 2.75) is 64.9 Å². The van der Waals surface area contributed by atoms with E-state index in [1.54, 1.807) is 0 Å². The zero-order valence-electron chi connectivity index (χ0n) is 16.1. The lowest BCUT2D eigenvalue weighted by molar-refractivity contribution is 0.0296. The highest BCUT2D eigenvalue weighted by atomic mass is 16.6. The van der Waals surface area contributed by atoms with Gasteiger partial charge in [0, 0.05) is 51.0 Å². The summed E-state index contributed by atoms with van der Waals surface area (Å²) in [5.74, 6) is 0. The van der Waals surface area contributed by atoms with Gasteiger partial charge in [0.05, 0.1) is 0 Å². The van der Waals surface area contributed by atoms with Crippen LogP contribution in [0.1, 0.15) is 59.3 Å². The van der Waals surface area contributed by atoms with E-state index in [0.717, 1.165) is 31.6 Å². The highest BCUT2D eigenvalue weighted by Gasteiger charge is 2.29. The summed E-state index contributed by atoms with van der Waals surface area (Å²) < 4.78 is 5.64. The number of carbonyl (C=O) groups is 1. The van der Waals surface area contributed by atoms with Crippen molar-refractivity contribution in [1.29, 1.82) is 0 Å². The number of carbonyl (C=O) groups excluding carboxylic acids is 1. The minimum absolute atomic E-state index is 0.210. The molecule has 3 rings (SSSR count). The van der Waals surface area contributed by atoms with Crippen LogP contribution >= 0.6 is 0 Å². The van der Waals surface area contributed by atoms with Crippen LogP contribution < -0.4 is 0 Å². The van der Waals surface area contributed by atoms with Gasteiger partial charge in [-0.3, -0.25) is 4.90 Å². The lowest BCUT2D eigenvalue weighted by Gasteiger charge is -2.34. The standard InChI is InChI=1S/C20H33N3O2/c1-20(2,3)25-19(24)23-13-8-17(15-21-9-4-5-10-21)14-18(23)16-22-11-6-7-12-22/h15-16H,4-14H2,1-3H3. The van der Waals surface area contributed by atoms with Gasteiger partial charge in [-0.25, -0.2) is 4.79 Å². The Kier molecular flexibility index (Phi) is 5.60. The molecule has 0 unspecified atom stereocenters. The lowest BCUT2D eigenvalue weighted by atomic mass is 10.0. The van der Waals surface area contributed by atoms with Crippen LogP contribution in [-0.2, 0) is 4.74 Å². The van der Waals surface area contributed by atoms with E-state index in [0.29, 0.717) is 6.54 Å². The van der Waals surface area contributed by atoms with Gasteiger partial charge in [0.2, 0.25) is 0 Å². The smallest absolute Gasteiger partial charge is 0.414 e. The molecule has 3 aliphatic rings. The molecule has 0 radical (unpaired) electrons. The second kappa shape index (κ2) is 7.71. The SMILES string of the molecule is CC(C)(C)OC(=O)N1CCC(=CN2CCCC2)CC1=CN1CCCC1. The van der Waals surface area contributed by atoms with Gasteiger partial charge in [-0.2, -0.15) is 0 Å². The molecule has 0 spiro atoms. The van der Waals surface area contributed by atoms with Gasteiger partial charge in [-0.1, -0.05) is 0 Å². The number of rotatable bonds is 2. The Morgan fingerprint density at radius 2 is 1.48 bits per heavy atom. The van der Waals surface area contributed by atoms with Gasteiger partial charge < -0.3 is 14.5 Å². The van der Waals surface area contributed by atoms with E-state index in [1.807, 2.05) is 25.7 Å². The van der Waals surface area contributed by atoms with E-state index in [1.165, 1.54) is 44.3 Å². The summed E-state index contributed by atoms with van der Waals surface area (Å²) in [6.45, 7) is 11.0. The second-order valence-corrected chi connectivity index (χ2v) is 8.45. The zero-order valence-corrected chi connectivity index (χ0v) is 16.1. The first-order valence-corrected chi connectivity index (χ1v) is 9.80. The Bertz CT molecular complexity index is 536. The normalized spacial score (nSPS) is 25.3. The van der Waals surface area contributed by atoms with Crippen molar-refractivity contribution in [2.24, 2.45) is 0 Å². The number of hydrogen-bond donors (Lipinski definition) is 0. The summed E-state index contributed by atoms with van der Waals surface area (Å²) in [6.07, 6.45) is 11.2. The first-order valence-electron chi connectivity index (χ1n) is 9.80. The van der Waals surface area contributed by atoms with Crippen LogP contribution in [0, 0.1) is 0 Å². The molecule has 140 valence electrons. The summed E-state index contributed by atoms with van der Waals surface area (Å²) in [4.78, 5) is 19.3. The number of piperidine rings is 1. The molecule has 0 saturated carbocycles. The maximum Gasteiger partial charge on any atom is 0.414 e. The van der Waals surface area contributed by atoms with Crippen molar-refractivity contribution >= 4 is 6.09 Å². The third kappa shape index (κ3) is 5.16.